The molecule has 0 amide bonds. The second kappa shape index (κ2) is 7.44. The molecule has 0 radical (unpaired) electrons. The van der Waals surface area contributed by atoms with Gasteiger partial charge in [0.25, 0.3) is 0 Å². The number of hydrogen-bond donors (Lipinski definition) is 2. The lowest BCUT2D eigenvalue weighted by Crippen LogP contribution is -2.19. The fourth-order valence-electron chi connectivity index (χ4n) is 2.58. The van der Waals surface area contributed by atoms with Crippen molar-refractivity contribution in [3.8, 4) is 0 Å². The van der Waals surface area contributed by atoms with Crippen LogP contribution in [0.1, 0.15) is 16.7 Å². The Morgan fingerprint density at radius 2 is 2.00 bits per heavy atom. The van der Waals surface area contributed by atoms with E-state index < -0.39 is 0 Å². The zero-order chi connectivity index (χ0) is 17.8. The van der Waals surface area contributed by atoms with Crippen LogP contribution in [0.15, 0.2) is 54.9 Å². The average Bonchev–Trinajstić information content (AvgIpc) is 2.97. The molecule has 1 aromatic heterocycles. The van der Waals surface area contributed by atoms with Crippen LogP contribution in [0.25, 0.3) is 0 Å². The topological polar surface area (TPSA) is 41.9 Å². The lowest BCUT2D eigenvalue weighted by Gasteiger charge is -2.11. The maximum Gasteiger partial charge on any atom is 0.175 e. The highest BCUT2D eigenvalue weighted by Crippen LogP contribution is 2.17. The molecule has 0 atom stereocenters. The summed E-state index contributed by atoms with van der Waals surface area (Å²) in [7, 11) is 0. The predicted molar refractivity (Wildman–Crippen MR) is 103 cm³/mol. The van der Waals surface area contributed by atoms with Crippen LogP contribution in [0, 0.1) is 19.7 Å². The number of nitrogens with one attached hydrogen (secondary N) is 2. The van der Waals surface area contributed by atoms with Gasteiger partial charge in [-0.05, 0) is 55.4 Å². The molecule has 0 spiro atoms. The fourth-order valence-corrected chi connectivity index (χ4v) is 2.80. The highest BCUT2D eigenvalue weighted by atomic mass is 32.1. The van der Waals surface area contributed by atoms with Gasteiger partial charge in [-0.3, -0.25) is 4.68 Å². The minimum atomic E-state index is -0.248. The van der Waals surface area contributed by atoms with Gasteiger partial charge in [-0.2, -0.15) is 5.10 Å². The molecule has 0 aliphatic rings. The lowest BCUT2D eigenvalue weighted by molar-refractivity contribution is 0.619. The van der Waals surface area contributed by atoms with E-state index in [2.05, 4.69) is 28.7 Å². The molecule has 2 aromatic carbocycles. The smallest absolute Gasteiger partial charge is 0.175 e. The minimum absolute atomic E-state index is 0.248. The van der Waals surface area contributed by atoms with Crippen molar-refractivity contribution in [3.05, 3.63) is 77.4 Å². The third-order valence-electron chi connectivity index (χ3n) is 3.75. The average molecular weight is 354 g/mol. The number of hydrogen-bond acceptors (Lipinski definition) is 2. The second-order valence-corrected chi connectivity index (χ2v) is 6.36. The molecule has 0 unspecified atom stereocenters. The number of benzene rings is 2. The van der Waals surface area contributed by atoms with Gasteiger partial charge < -0.3 is 10.6 Å². The van der Waals surface area contributed by atoms with E-state index in [1.165, 1.54) is 17.7 Å². The predicted octanol–water partition coefficient (Wildman–Crippen LogP) is 4.50. The number of nitrogens with zero attached hydrogens (tertiary/aromatic N) is 2. The van der Waals surface area contributed by atoms with E-state index in [1.807, 2.05) is 31.3 Å². The van der Waals surface area contributed by atoms with Crippen molar-refractivity contribution in [1.29, 1.82) is 0 Å². The molecular weight excluding hydrogens is 335 g/mol. The number of thiocarbonyl (C=S) groups is 1. The molecule has 1 heterocycles. The standard InChI is InChI=1S/C19H19FN4S/c1-13-6-7-18(14(2)8-13)23-19(25)22-17-10-21-24(12-17)11-15-4-3-5-16(20)9-15/h3-10,12H,11H2,1-2H3,(H2,22,23,25). The van der Waals surface area contributed by atoms with Crippen LogP contribution in [-0.2, 0) is 6.54 Å². The third kappa shape index (κ3) is 4.64. The van der Waals surface area contributed by atoms with Crippen LogP contribution in [0.5, 0.6) is 0 Å². The largest absolute Gasteiger partial charge is 0.332 e. The molecule has 0 saturated heterocycles. The van der Waals surface area contributed by atoms with Gasteiger partial charge >= 0.3 is 0 Å². The molecule has 2 N–H and O–H groups in total. The van der Waals surface area contributed by atoms with E-state index in [0.717, 1.165) is 22.5 Å². The summed E-state index contributed by atoms with van der Waals surface area (Å²) in [6.07, 6.45) is 3.52. The Morgan fingerprint density at radius 1 is 1.16 bits per heavy atom. The first-order chi connectivity index (χ1) is 12.0. The van der Waals surface area contributed by atoms with Gasteiger partial charge in [0, 0.05) is 11.9 Å². The van der Waals surface area contributed by atoms with Crippen molar-refractivity contribution in [2.45, 2.75) is 20.4 Å². The first kappa shape index (κ1) is 17.1. The molecule has 3 rings (SSSR count). The number of aromatic nitrogens is 2. The van der Waals surface area contributed by atoms with Crippen LogP contribution in [0.3, 0.4) is 0 Å². The molecule has 0 aliphatic carbocycles. The van der Waals surface area contributed by atoms with E-state index in [4.69, 9.17) is 12.2 Å². The summed E-state index contributed by atoms with van der Waals surface area (Å²) in [5.74, 6) is -0.248. The van der Waals surface area contributed by atoms with Gasteiger partial charge in [-0.1, -0.05) is 29.8 Å². The Kier molecular flexibility index (Phi) is 5.09. The van der Waals surface area contributed by atoms with Crippen molar-refractivity contribution in [2.75, 3.05) is 10.6 Å². The lowest BCUT2D eigenvalue weighted by atomic mass is 10.1. The van der Waals surface area contributed by atoms with Gasteiger partial charge in [-0.15, -0.1) is 0 Å². The molecule has 0 fully saturated rings. The number of anilines is 2. The van der Waals surface area contributed by atoms with Crippen molar-refractivity contribution in [1.82, 2.24) is 9.78 Å². The Hall–Kier alpha value is -2.73. The van der Waals surface area contributed by atoms with Crippen LogP contribution in [0.2, 0.25) is 0 Å². The first-order valence-electron chi connectivity index (χ1n) is 7.92. The summed E-state index contributed by atoms with van der Waals surface area (Å²) in [5.41, 5.74) is 4.94. The Labute approximate surface area is 151 Å². The zero-order valence-electron chi connectivity index (χ0n) is 14.1. The van der Waals surface area contributed by atoms with E-state index in [1.54, 1.807) is 16.9 Å². The molecule has 0 saturated carbocycles. The van der Waals surface area contributed by atoms with E-state index in [-0.39, 0.29) is 5.82 Å². The summed E-state index contributed by atoms with van der Waals surface area (Å²) < 4.78 is 15.0. The zero-order valence-corrected chi connectivity index (χ0v) is 14.9. The van der Waals surface area contributed by atoms with Gasteiger partial charge in [0.2, 0.25) is 0 Å². The highest BCUT2D eigenvalue weighted by Gasteiger charge is 2.05. The Morgan fingerprint density at radius 3 is 2.76 bits per heavy atom. The molecular formula is C19H19FN4S. The molecule has 3 aromatic rings. The fraction of sp³-hybridized carbons (Fsp3) is 0.158. The number of aryl methyl sites for hydroxylation is 2. The Bertz CT molecular complexity index is 904. The molecule has 4 nitrogen and oxygen atoms in total. The molecule has 0 aliphatic heterocycles. The van der Waals surface area contributed by atoms with Crippen LogP contribution >= 0.6 is 12.2 Å². The van der Waals surface area contributed by atoms with Crippen molar-refractivity contribution < 1.29 is 4.39 Å². The van der Waals surface area contributed by atoms with Gasteiger partial charge in [0.15, 0.2) is 5.11 Å². The van der Waals surface area contributed by atoms with E-state index in [9.17, 15) is 4.39 Å². The maximum absolute atomic E-state index is 13.2. The Balaban J connectivity index is 1.61. The van der Waals surface area contributed by atoms with Crippen molar-refractivity contribution in [2.24, 2.45) is 0 Å². The quantitative estimate of drug-likeness (QED) is 0.677. The van der Waals surface area contributed by atoms with Gasteiger partial charge in [0.05, 0.1) is 18.4 Å². The first-order valence-corrected chi connectivity index (χ1v) is 8.32. The maximum atomic E-state index is 13.2. The van der Waals surface area contributed by atoms with E-state index in [0.29, 0.717) is 11.7 Å². The van der Waals surface area contributed by atoms with Crippen LogP contribution in [-0.4, -0.2) is 14.9 Å². The second-order valence-electron chi connectivity index (χ2n) is 5.95. The third-order valence-corrected chi connectivity index (χ3v) is 3.96. The molecule has 25 heavy (non-hydrogen) atoms. The summed E-state index contributed by atoms with van der Waals surface area (Å²) in [6.45, 7) is 4.59. The van der Waals surface area contributed by atoms with E-state index >= 15 is 0 Å². The monoisotopic (exact) mass is 354 g/mol. The van der Waals surface area contributed by atoms with Crippen LogP contribution in [0.4, 0.5) is 15.8 Å². The van der Waals surface area contributed by atoms with Gasteiger partial charge in [-0.25, -0.2) is 4.39 Å². The molecule has 128 valence electrons. The minimum Gasteiger partial charge on any atom is -0.332 e. The number of rotatable bonds is 4. The summed E-state index contributed by atoms with van der Waals surface area (Å²) in [4.78, 5) is 0. The van der Waals surface area contributed by atoms with Crippen molar-refractivity contribution >= 4 is 28.7 Å². The van der Waals surface area contributed by atoms with Crippen LogP contribution < -0.4 is 10.6 Å². The molecule has 0 bridgehead atoms. The van der Waals surface area contributed by atoms with Crippen molar-refractivity contribution in [3.63, 3.8) is 0 Å². The summed E-state index contributed by atoms with van der Waals surface area (Å²) in [5, 5.41) is 11.1. The van der Waals surface area contributed by atoms with Gasteiger partial charge in [0.1, 0.15) is 5.82 Å². The SMILES string of the molecule is Cc1ccc(NC(=S)Nc2cnn(Cc3cccc(F)c3)c2)c(C)c1. The summed E-state index contributed by atoms with van der Waals surface area (Å²) >= 11 is 5.36. The normalized spacial score (nSPS) is 10.5. The summed E-state index contributed by atoms with van der Waals surface area (Å²) in [6, 6.07) is 12.6. The number of halogens is 1. The highest BCUT2D eigenvalue weighted by molar-refractivity contribution is 7.80. The molecule has 6 heteroatoms.